The molecule has 4 aliphatic rings. The van der Waals surface area contributed by atoms with Crippen molar-refractivity contribution in [2.45, 2.75) is 238 Å². The summed E-state index contributed by atoms with van der Waals surface area (Å²) in [5, 5.41) is 28.8. The minimum atomic E-state index is -3.05. The van der Waals surface area contributed by atoms with E-state index in [9.17, 15) is 67.4 Å². The first kappa shape index (κ1) is 84.5. The van der Waals surface area contributed by atoms with Crippen LogP contribution in [0.4, 0.5) is 4.79 Å². The number of carbonyl (C=O) groups excluding carboxylic acids is 13. The summed E-state index contributed by atoms with van der Waals surface area (Å²) in [7, 11) is 0.873. The van der Waals surface area contributed by atoms with E-state index in [0.717, 1.165) is 94.6 Å². The van der Waals surface area contributed by atoms with Crippen molar-refractivity contribution in [1.82, 2.24) is 30.9 Å². The molecule has 4 fully saturated rings. The average molecular weight is 1510 g/mol. The van der Waals surface area contributed by atoms with Crippen molar-refractivity contribution >= 4 is 77.6 Å². The number of nitrogens with one attached hydrogen (secondary N) is 3. The molecule has 2 aromatic carbocycles. The molecule has 3 unspecified atom stereocenters. The van der Waals surface area contributed by atoms with Gasteiger partial charge in [0.1, 0.15) is 61.6 Å². The summed E-state index contributed by atoms with van der Waals surface area (Å²) >= 11 is 0. The van der Waals surface area contributed by atoms with E-state index in [1.54, 1.807) is 50.4 Å². The molecule has 107 heavy (non-hydrogen) atoms. The molecule has 37 heteroatoms. The van der Waals surface area contributed by atoms with Gasteiger partial charge >= 0.3 is 65.8 Å². The number of amides is 3. The minimum Gasteiger partial charge on any atom is -0.465 e. The van der Waals surface area contributed by atoms with Crippen LogP contribution in [0.1, 0.15) is 146 Å². The molecule has 1 aliphatic carbocycles. The van der Waals surface area contributed by atoms with Crippen molar-refractivity contribution in [1.29, 1.82) is 0 Å². The Morgan fingerprint density at radius 1 is 0.692 bits per heavy atom. The minimum absolute atomic E-state index is 0.00191. The zero-order valence-electron chi connectivity index (χ0n) is 61.5. The lowest BCUT2D eigenvalue weighted by atomic mass is 9.87. The zero-order valence-corrected chi connectivity index (χ0v) is 61.5. The Labute approximate surface area is 614 Å². The lowest BCUT2D eigenvalue weighted by molar-refractivity contribution is -0.384. The van der Waals surface area contributed by atoms with Gasteiger partial charge in [0.15, 0.2) is 49.2 Å². The quantitative estimate of drug-likeness (QED) is 0.0310. The Kier molecular flexibility index (Phi) is 30.5. The summed E-state index contributed by atoms with van der Waals surface area (Å²) in [4.78, 5) is 174. The van der Waals surface area contributed by atoms with Crippen molar-refractivity contribution in [2.75, 3.05) is 40.0 Å². The average Bonchev–Trinajstić information content (AvgIpc) is 1.08. The van der Waals surface area contributed by atoms with Gasteiger partial charge in [-0.3, -0.25) is 52.7 Å². The van der Waals surface area contributed by atoms with E-state index in [-0.39, 0.29) is 30.4 Å². The van der Waals surface area contributed by atoms with E-state index in [2.05, 4.69) is 26.3 Å². The molecule has 4 N–H and O–H groups in total. The van der Waals surface area contributed by atoms with Crippen LogP contribution >= 0.6 is 0 Å². The molecular weight excluding hydrogens is 1420 g/mol. The Morgan fingerprint density at radius 2 is 1.30 bits per heavy atom. The van der Waals surface area contributed by atoms with Crippen LogP contribution in [0.15, 0.2) is 48.7 Å². The number of carbonyl (C=O) groups is 13. The molecule has 3 saturated heterocycles. The predicted octanol–water partition coefficient (Wildman–Crippen LogP) is 2.07. The second kappa shape index (κ2) is 38.7. The fourth-order valence-electron chi connectivity index (χ4n) is 12.8. The number of ether oxygens (including phenoxy) is 17. The van der Waals surface area contributed by atoms with E-state index in [1.165, 1.54) is 30.7 Å². The summed E-state index contributed by atoms with van der Waals surface area (Å²) in [6.07, 6.45) is -21.8. The molecule has 0 bridgehead atoms. The van der Waals surface area contributed by atoms with Gasteiger partial charge in [-0.25, -0.2) is 14.3 Å². The molecule has 3 amide bonds. The summed E-state index contributed by atoms with van der Waals surface area (Å²) < 4.78 is 102. The molecule has 7 rings (SSSR count). The number of hydrogen-bond acceptors (Lipinski definition) is 33. The number of rotatable bonds is 31. The molecule has 0 radical (unpaired) electrons. The molecule has 0 spiro atoms. The lowest BCUT2D eigenvalue weighted by Crippen LogP contribution is -2.71. The third-order valence-electron chi connectivity index (χ3n) is 17.2. The van der Waals surface area contributed by atoms with E-state index in [4.69, 9.17) is 80.5 Å². The van der Waals surface area contributed by atoms with E-state index in [0.29, 0.717) is 22.4 Å². The van der Waals surface area contributed by atoms with Gasteiger partial charge in [0.05, 0.1) is 45.0 Å². The fraction of sp³-hybridized carbons (Fsp3) is 0.614. The maximum Gasteiger partial charge on any atom is 0.407 e. The Morgan fingerprint density at radius 3 is 1.89 bits per heavy atom. The number of hydrogen-bond donors (Lipinski definition) is 4. The molecule has 588 valence electrons. The molecule has 4 heterocycles. The van der Waals surface area contributed by atoms with Gasteiger partial charge in [-0.2, -0.15) is 0 Å². The van der Waals surface area contributed by atoms with E-state index < -0.39 is 214 Å². The highest BCUT2D eigenvalue weighted by Crippen LogP contribution is 2.42. The number of aromatic nitrogens is 3. The summed E-state index contributed by atoms with van der Waals surface area (Å²) in [6, 6.07) is 9.73. The van der Waals surface area contributed by atoms with Crippen molar-refractivity contribution in [2.24, 2.45) is 0 Å². The zero-order chi connectivity index (χ0) is 78.6. The number of aliphatic hydroxyl groups is 1. The molecular formula is C70H92N6O31. The summed E-state index contributed by atoms with van der Waals surface area (Å²) in [6.45, 7) is 9.19. The van der Waals surface area contributed by atoms with Crippen LogP contribution in [0.3, 0.4) is 0 Å². The number of nitrogens with zero attached hydrogens (tertiary/aromatic N) is 3. The van der Waals surface area contributed by atoms with Gasteiger partial charge in [-0.1, -0.05) is 54.8 Å². The first-order chi connectivity index (χ1) is 50.6. The molecule has 1 aromatic heterocycles. The number of esters is 10. The number of aryl methyl sites for hydroxylation is 2. The summed E-state index contributed by atoms with van der Waals surface area (Å²) in [5.41, 5.74) is -0.126. The van der Waals surface area contributed by atoms with Crippen LogP contribution in [-0.2, 0) is 142 Å². The monoisotopic (exact) mass is 1510 g/mol. The van der Waals surface area contributed by atoms with Crippen molar-refractivity contribution in [3.8, 4) is 5.75 Å². The smallest absolute Gasteiger partial charge is 0.407 e. The van der Waals surface area contributed by atoms with Gasteiger partial charge in [0.2, 0.25) is 5.91 Å². The second-order valence-corrected chi connectivity index (χ2v) is 26.0. The Balaban J connectivity index is 1.30. The van der Waals surface area contributed by atoms with Gasteiger partial charge < -0.3 is 102 Å². The fourth-order valence-corrected chi connectivity index (χ4v) is 12.8. The Bertz CT molecular complexity index is 3660. The number of benzene rings is 2. The number of aliphatic hydroxyl groups excluding tert-OH is 1. The molecule has 3 aromatic rings. The largest absolute Gasteiger partial charge is 0.465 e. The summed E-state index contributed by atoms with van der Waals surface area (Å²) in [5.74, 6) is -15.1. The first-order valence-corrected chi connectivity index (χ1v) is 34.3. The Hall–Kier alpha value is -9.79. The van der Waals surface area contributed by atoms with Crippen LogP contribution in [0.25, 0.3) is 0 Å². The van der Waals surface area contributed by atoms with E-state index in [1.807, 2.05) is 0 Å². The van der Waals surface area contributed by atoms with Crippen LogP contribution in [0.2, 0.25) is 0 Å². The topological polar surface area (TPSA) is 466 Å². The second-order valence-electron chi connectivity index (χ2n) is 26.0. The van der Waals surface area contributed by atoms with Crippen molar-refractivity contribution in [3.05, 3.63) is 76.6 Å². The van der Waals surface area contributed by atoms with Gasteiger partial charge in [0.25, 0.3) is 11.7 Å². The van der Waals surface area contributed by atoms with Crippen molar-refractivity contribution in [3.63, 3.8) is 0 Å². The standard InChI is InChI=1S/C70H92N6O31/c1-35-26-48(27-36(2)56(35)98-40(6)80)64(88)72-29-51(97-39(5)79)57(99-41(7)81)58-54(73-53(86)31-76-30-49(74-75-76)47-22-18-15-19-23-47)50(96-38(4)78)28-70(106-58,67(89)91-13)95-33-52-55(87)59(100-42(8)82)61(102-44(10)84)66(104-52)105-63-60(101-43(9)83)62(103-45(11)85)65(107-69(63,12)34-94-37(3)77)92-25-24-71-68(90)93-32-46-20-16-14-17-21-46/h14,16-17,20-21,26-27,30,47,50-52,54-55,57-63,65-66,87H,15,18-19,22-25,28-29,31-34H2,1-13H3,(H,71,90)(H,72,88)(H,73,86)/t50-,51+,52+,54+,55-,57+,58?,59-,60+,61+,62+,63-,65?,66-,69?,70+/m0/s1. The molecule has 16 atom stereocenters. The number of methoxy groups -OCH3 is 1. The maximum atomic E-state index is 14.9. The SMILES string of the molecule is COC(=O)[C@@]1(OC[C@H]2O[C@@H](O[C@H]3[C@H](OC(C)=O)[C@@H](OC(C)=O)C(OCCNC(=O)OCc4ccccc4)OC3(C)COC(C)=O)[C@H](OC(C)=O)[C@@H](OC(C)=O)[C@H]2O)C[C@H](OC(C)=O)[C@@H](NC(=O)Cn2cc(C3CCCCC3)nn2)C([C@H](OC(C)=O)[C@@H](CNC(=O)c2cc(C)c(OC(C)=O)c(C)c2)OC(C)=O)O1. The highest BCUT2D eigenvalue weighted by Gasteiger charge is 2.63. The van der Waals surface area contributed by atoms with Crippen LogP contribution in [0.5, 0.6) is 5.75 Å². The third kappa shape index (κ3) is 23.9. The van der Waals surface area contributed by atoms with E-state index >= 15 is 0 Å². The number of alkyl carbamates (subject to hydrolysis) is 1. The van der Waals surface area contributed by atoms with Crippen LogP contribution < -0.4 is 20.7 Å². The molecule has 37 nitrogen and oxygen atoms in total. The molecule has 1 saturated carbocycles. The van der Waals surface area contributed by atoms with Gasteiger partial charge in [0, 0.05) is 86.5 Å². The highest BCUT2D eigenvalue weighted by atomic mass is 16.8. The van der Waals surface area contributed by atoms with Crippen molar-refractivity contribution < 1.29 is 148 Å². The maximum absolute atomic E-state index is 14.9. The highest BCUT2D eigenvalue weighted by molar-refractivity contribution is 5.95. The lowest BCUT2D eigenvalue weighted by Gasteiger charge is -2.52. The third-order valence-corrected chi connectivity index (χ3v) is 17.2. The molecule has 3 aliphatic heterocycles. The van der Waals surface area contributed by atoms with Gasteiger partial charge in [-0.05, 0) is 62.4 Å². The predicted molar refractivity (Wildman–Crippen MR) is 356 cm³/mol. The van der Waals surface area contributed by atoms with Crippen LogP contribution in [-0.4, -0.2) is 235 Å². The first-order valence-electron chi connectivity index (χ1n) is 34.3. The van der Waals surface area contributed by atoms with Gasteiger partial charge in [-0.15, -0.1) is 5.10 Å². The van der Waals surface area contributed by atoms with Crippen LogP contribution in [0, 0.1) is 13.8 Å². The normalized spacial score (nSPS) is 26.1.